The Morgan fingerprint density at radius 3 is 1.94 bits per heavy atom. The van der Waals surface area contributed by atoms with Crippen LogP contribution in [0.2, 0.25) is 0 Å². The van der Waals surface area contributed by atoms with Crippen LogP contribution in [0.15, 0.2) is 24.3 Å². The van der Waals surface area contributed by atoms with Crippen molar-refractivity contribution in [2.45, 2.75) is 45.2 Å². The van der Waals surface area contributed by atoms with Gasteiger partial charge in [0, 0.05) is 23.3 Å². The predicted octanol–water partition coefficient (Wildman–Crippen LogP) is 1.95. The average molecular weight is 214 g/mol. The molecule has 0 unspecified atom stereocenters. The van der Waals surface area contributed by atoms with Gasteiger partial charge in [-0.2, -0.15) is 0 Å². The van der Waals surface area contributed by atoms with Gasteiger partial charge in [0.2, 0.25) is 0 Å². The molecule has 0 bridgehead atoms. The minimum Gasteiger partial charge on any atom is -0.266 e. The fourth-order valence-electron chi connectivity index (χ4n) is 3.36. The van der Waals surface area contributed by atoms with Gasteiger partial charge in [0.25, 0.3) is 0 Å². The highest BCUT2D eigenvalue weighted by molar-refractivity contribution is 5.35. The standard InChI is InChI=1S/C15H20N/c1-12-6-5-7-13(2)16(12)10-14-8-3-4-9-15(14)11-16/h3-4,8-13H,5-7H2,1-2H3/q+1/t12-,13+. The number of rotatable bonds is 0. The van der Waals surface area contributed by atoms with Gasteiger partial charge in [-0.25, -0.2) is 0 Å². The maximum absolute atomic E-state index is 2.48. The SMILES string of the molecule is C[C@@H]1CCC[C@H](C)[N+]12C=c1ccccc1=C2. The summed E-state index contributed by atoms with van der Waals surface area (Å²) in [5, 5.41) is 2.84. The summed E-state index contributed by atoms with van der Waals surface area (Å²) >= 11 is 0. The zero-order valence-corrected chi connectivity index (χ0v) is 10.2. The van der Waals surface area contributed by atoms with Gasteiger partial charge in [-0.3, -0.25) is 4.48 Å². The number of fused-ring (bicyclic) bond motifs is 1. The number of quaternary nitrogens is 1. The largest absolute Gasteiger partial charge is 0.266 e. The lowest BCUT2D eigenvalue weighted by Gasteiger charge is -2.44. The lowest BCUT2D eigenvalue weighted by molar-refractivity contribution is -0.828. The van der Waals surface area contributed by atoms with Crippen LogP contribution < -0.4 is 10.4 Å². The molecule has 2 aliphatic rings. The minimum atomic E-state index is 0.733. The summed E-state index contributed by atoms with van der Waals surface area (Å²) < 4.78 is 1.08. The second-order valence-corrected chi connectivity index (χ2v) is 5.41. The molecule has 1 spiro atoms. The molecule has 1 fully saturated rings. The van der Waals surface area contributed by atoms with E-state index in [1.165, 1.54) is 29.7 Å². The number of nitrogens with zero attached hydrogens (tertiary/aromatic N) is 1. The molecular formula is C15H20N+. The molecule has 0 N–H and O–H groups in total. The van der Waals surface area contributed by atoms with Gasteiger partial charge in [-0.1, -0.05) is 12.1 Å². The van der Waals surface area contributed by atoms with E-state index < -0.39 is 0 Å². The van der Waals surface area contributed by atoms with Gasteiger partial charge in [0.1, 0.15) is 12.4 Å². The normalized spacial score (nSPS) is 30.6. The van der Waals surface area contributed by atoms with Crippen molar-refractivity contribution in [2.24, 2.45) is 0 Å². The zero-order chi connectivity index (χ0) is 11.2. The van der Waals surface area contributed by atoms with Crippen molar-refractivity contribution < 1.29 is 4.48 Å². The highest BCUT2D eigenvalue weighted by atomic mass is 15.4. The van der Waals surface area contributed by atoms with Crippen LogP contribution in [0.4, 0.5) is 0 Å². The molecule has 0 aliphatic carbocycles. The highest BCUT2D eigenvalue weighted by Gasteiger charge is 2.41. The van der Waals surface area contributed by atoms with Gasteiger partial charge in [0.15, 0.2) is 0 Å². The van der Waals surface area contributed by atoms with Crippen LogP contribution in [0.1, 0.15) is 33.1 Å². The lowest BCUT2D eigenvalue weighted by Crippen LogP contribution is -2.52. The first kappa shape index (κ1) is 10.1. The van der Waals surface area contributed by atoms with Gasteiger partial charge >= 0.3 is 0 Å². The van der Waals surface area contributed by atoms with Crippen molar-refractivity contribution in [1.82, 2.24) is 0 Å². The summed E-state index contributed by atoms with van der Waals surface area (Å²) in [7, 11) is 0. The summed E-state index contributed by atoms with van der Waals surface area (Å²) in [4.78, 5) is 0. The molecule has 0 radical (unpaired) electrons. The number of hydrogen-bond donors (Lipinski definition) is 0. The van der Waals surface area contributed by atoms with E-state index in [0.717, 1.165) is 16.6 Å². The molecule has 0 amide bonds. The van der Waals surface area contributed by atoms with Crippen molar-refractivity contribution in [1.29, 1.82) is 0 Å². The average Bonchev–Trinajstić information content (AvgIpc) is 2.66. The molecule has 1 heteroatoms. The second-order valence-electron chi connectivity index (χ2n) is 5.41. The zero-order valence-electron chi connectivity index (χ0n) is 10.2. The highest BCUT2D eigenvalue weighted by Crippen LogP contribution is 2.33. The maximum atomic E-state index is 2.48. The van der Waals surface area contributed by atoms with E-state index in [2.05, 4.69) is 50.5 Å². The van der Waals surface area contributed by atoms with Crippen LogP contribution in [-0.2, 0) is 0 Å². The quantitative estimate of drug-likeness (QED) is 0.579. The topological polar surface area (TPSA) is 0 Å². The van der Waals surface area contributed by atoms with Crippen LogP contribution in [0, 0.1) is 0 Å². The molecule has 0 saturated carbocycles. The van der Waals surface area contributed by atoms with Crippen LogP contribution >= 0.6 is 0 Å². The monoisotopic (exact) mass is 214 g/mol. The second kappa shape index (κ2) is 3.46. The third-order valence-corrected chi connectivity index (χ3v) is 4.49. The van der Waals surface area contributed by atoms with E-state index >= 15 is 0 Å². The third kappa shape index (κ3) is 1.28. The molecule has 84 valence electrons. The van der Waals surface area contributed by atoms with Crippen molar-refractivity contribution in [3.8, 4) is 0 Å². The number of hydrogen-bond acceptors (Lipinski definition) is 0. The first-order chi connectivity index (χ1) is 7.72. The molecule has 0 aromatic heterocycles. The van der Waals surface area contributed by atoms with Crippen LogP contribution in [0.5, 0.6) is 0 Å². The first-order valence-electron chi connectivity index (χ1n) is 6.41. The van der Waals surface area contributed by atoms with Crippen molar-refractivity contribution in [2.75, 3.05) is 0 Å². The van der Waals surface area contributed by atoms with Gasteiger partial charge in [-0.05, 0) is 32.4 Å². The van der Waals surface area contributed by atoms with E-state index in [9.17, 15) is 0 Å². The fourth-order valence-corrected chi connectivity index (χ4v) is 3.36. The Kier molecular flexibility index (Phi) is 2.18. The fraction of sp³-hybridized carbons (Fsp3) is 0.467. The molecule has 2 heterocycles. The molecule has 1 aromatic carbocycles. The first-order valence-corrected chi connectivity index (χ1v) is 6.41. The molecule has 16 heavy (non-hydrogen) atoms. The Morgan fingerprint density at radius 2 is 1.44 bits per heavy atom. The molecule has 2 aliphatic heterocycles. The third-order valence-electron chi connectivity index (χ3n) is 4.49. The Labute approximate surface area is 97.3 Å². The van der Waals surface area contributed by atoms with Gasteiger partial charge in [-0.15, -0.1) is 0 Å². The Hall–Kier alpha value is -1.08. The van der Waals surface area contributed by atoms with Crippen molar-refractivity contribution >= 4 is 12.4 Å². The summed E-state index contributed by atoms with van der Waals surface area (Å²) in [5.74, 6) is 0. The number of piperidine rings is 1. The van der Waals surface area contributed by atoms with E-state index in [1.807, 2.05) is 0 Å². The smallest absolute Gasteiger partial charge is 0.109 e. The van der Waals surface area contributed by atoms with Crippen LogP contribution in [0.3, 0.4) is 0 Å². The Bertz CT molecular complexity index is 467. The summed E-state index contributed by atoms with van der Waals surface area (Å²) in [6.07, 6.45) is 9.05. The molecular weight excluding hydrogens is 194 g/mol. The van der Waals surface area contributed by atoms with E-state index in [4.69, 9.17) is 0 Å². The van der Waals surface area contributed by atoms with E-state index in [1.54, 1.807) is 0 Å². The molecule has 3 rings (SSSR count). The van der Waals surface area contributed by atoms with Crippen LogP contribution in [0.25, 0.3) is 12.4 Å². The molecule has 1 saturated heterocycles. The molecule has 1 aromatic rings. The van der Waals surface area contributed by atoms with Crippen molar-refractivity contribution in [3.05, 3.63) is 34.7 Å². The molecule has 1 nitrogen and oxygen atoms in total. The minimum absolute atomic E-state index is 0.733. The van der Waals surface area contributed by atoms with Crippen molar-refractivity contribution in [3.63, 3.8) is 0 Å². The van der Waals surface area contributed by atoms with Crippen LogP contribution in [-0.4, -0.2) is 16.6 Å². The maximum Gasteiger partial charge on any atom is 0.109 e. The van der Waals surface area contributed by atoms with E-state index in [-0.39, 0.29) is 0 Å². The van der Waals surface area contributed by atoms with Gasteiger partial charge < -0.3 is 0 Å². The Morgan fingerprint density at radius 1 is 0.938 bits per heavy atom. The Balaban J connectivity index is 2.18. The lowest BCUT2D eigenvalue weighted by atomic mass is 9.95. The molecule has 2 atom stereocenters. The predicted molar refractivity (Wildman–Crippen MR) is 67.7 cm³/mol. The summed E-state index contributed by atoms with van der Waals surface area (Å²) in [5.41, 5.74) is 0. The summed E-state index contributed by atoms with van der Waals surface area (Å²) in [6, 6.07) is 10.2. The van der Waals surface area contributed by atoms with E-state index in [0.29, 0.717) is 0 Å². The van der Waals surface area contributed by atoms with Gasteiger partial charge in [0.05, 0.1) is 12.1 Å². The number of benzene rings is 1. The summed E-state index contributed by atoms with van der Waals surface area (Å²) in [6.45, 7) is 4.79.